The van der Waals surface area contributed by atoms with Crippen molar-refractivity contribution < 1.29 is 26.8 Å². The molecule has 0 fully saturated rings. The maximum absolute atomic E-state index is 7.57. The first-order valence-electron chi connectivity index (χ1n) is 1.02. The summed E-state index contributed by atoms with van der Waals surface area (Å²) in [6.07, 6.45) is 0. The standard InChI is InChI=1S/C2H6O.4BrH.Ti/c1-2-3;;;;;/h3H,2H2,1H3;4*1H;. The number of halogens is 4. The van der Waals surface area contributed by atoms with Crippen LogP contribution in [0, 0.1) is 0 Å². The minimum atomic E-state index is 0. The fourth-order valence-corrected chi connectivity index (χ4v) is 0. The van der Waals surface area contributed by atoms with Gasteiger partial charge in [-0.3, -0.25) is 0 Å². The first-order valence-corrected chi connectivity index (χ1v) is 1.02. The van der Waals surface area contributed by atoms with E-state index in [1.807, 2.05) is 0 Å². The molecule has 0 saturated heterocycles. The molecule has 0 radical (unpaired) electrons. The Kier molecular flexibility index (Phi) is 317. The average Bonchev–Trinajstić information content (AvgIpc) is 0.918. The predicted octanol–water partition coefficient (Wildman–Crippen LogP) is 2.31. The van der Waals surface area contributed by atoms with Crippen molar-refractivity contribution in [3.05, 3.63) is 0 Å². The van der Waals surface area contributed by atoms with Gasteiger partial charge in [-0.15, -0.1) is 67.9 Å². The van der Waals surface area contributed by atoms with E-state index in [1.54, 1.807) is 6.92 Å². The minimum Gasteiger partial charge on any atom is -0.397 e. The summed E-state index contributed by atoms with van der Waals surface area (Å²) < 4.78 is 0. The molecule has 0 aliphatic rings. The van der Waals surface area contributed by atoms with Crippen LogP contribution in [0.1, 0.15) is 6.92 Å². The Labute approximate surface area is 107 Å². The summed E-state index contributed by atoms with van der Waals surface area (Å²) in [4.78, 5) is 0. The number of aliphatic hydroxyl groups is 1. The van der Waals surface area contributed by atoms with Crippen LogP contribution in [0.25, 0.3) is 0 Å². The van der Waals surface area contributed by atoms with Crippen LogP contribution < -0.4 is 0 Å². The van der Waals surface area contributed by atoms with Gasteiger partial charge in [0.05, 0.1) is 0 Å². The van der Waals surface area contributed by atoms with Crippen LogP contribution in [-0.2, 0) is 21.7 Å². The van der Waals surface area contributed by atoms with Gasteiger partial charge in [-0.2, -0.15) is 0 Å². The van der Waals surface area contributed by atoms with Crippen LogP contribution in [0.2, 0.25) is 0 Å². The Morgan fingerprint density at radius 3 is 1.00 bits per heavy atom. The fourth-order valence-electron chi connectivity index (χ4n) is 0. The maximum Gasteiger partial charge on any atom is 0.0402 e. The second-order valence-corrected chi connectivity index (χ2v) is 0.316. The van der Waals surface area contributed by atoms with E-state index in [2.05, 4.69) is 0 Å². The second kappa shape index (κ2) is 54.9. The summed E-state index contributed by atoms with van der Waals surface area (Å²) >= 11 is 0. The normalized spacial score (nSPS) is 2.25. The molecule has 6 heteroatoms. The Morgan fingerprint density at radius 1 is 1.00 bits per heavy atom. The smallest absolute Gasteiger partial charge is 0.0402 e. The van der Waals surface area contributed by atoms with E-state index < -0.39 is 0 Å². The van der Waals surface area contributed by atoms with Gasteiger partial charge in [0.25, 0.3) is 0 Å². The van der Waals surface area contributed by atoms with Gasteiger partial charge >= 0.3 is 0 Å². The first-order chi connectivity index (χ1) is 1.41. The summed E-state index contributed by atoms with van der Waals surface area (Å²) in [5.74, 6) is 0. The molecule has 0 aliphatic heterocycles. The molecule has 0 saturated carbocycles. The number of rotatable bonds is 0. The van der Waals surface area contributed by atoms with Crippen LogP contribution in [0.4, 0.5) is 0 Å². The summed E-state index contributed by atoms with van der Waals surface area (Å²) in [7, 11) is 0. The van der Waals surface area contributed by atoms with E-state index in [-0.39, 0.29) is 96.3 Å². The molecule has 0 spiro atoms. The van der Waals surface area contributed by atoms with Gasteiger partial charge in [-0.1, -0.05) is 0 Å². The fraction of sp³-hybridized carbons (Fsp3) is 1.00. The van der Waals surface area contributed by atoms with Crippen LogP contribution in [0.15, 0.2) is 0 Å². The molecule has 1 N–H and O–H groups in total. The van der Waals surface area contributed by atoms with Crippen LogP contribution in [-0.4, -0.2) is 11.7 Å². The zero-order valence-electron chi connectivity index (χ0n) is 4.29. The topological polar surface area (TPSA) is 20.2 Å². The average molecular weight is 418 g/mol. The van der Waals surface area contributed by atoms with Crippen molar-refractivity contribution in [1.29, 1.82) is 0 Å². The van der Waals surface area contributed by atoms with Crippen LogP contribution >= 0.6 is 67.9 Å². The second-order valence-electron chi connectivity index (χ2n) is 0.316. The summed E-state index contributed by atoms with van der Waals surface area (Å²) in [5, 5.41) is 7.57. The van der Waals surface area contributed by atoms with Gasteiger partial charge in [0.1, 0.15) is 0 Å². The zero-order chi connectivity index (χ0) is 2.71. The molecule has 0 heterocycles. The third-order valence-electron chi connectivity index (χ3n) is 0. The van der Waals surface area contributed by atoms with E-state index in [0.29, 0.717) is 0 Å². The van der Waals surface area contributed by atoms with E-state index in [1.165, 1.54) is 0 Å². The molecule has 0 atom stereocenters. The molecule has 1 nitrogen and oxygen atoms in total. The summed E-state index contributed by atoms with van der Waals surface area (Å²) in [5.41, 5.74) is 0. The monoisotopic (exact) mass is 414 g/mol. The Bertz CT molecular complexity index is 14.0. The maximum atomic E-state index is 7.57. The van der Waals surface area contributed by atoms with Crippen molar-refractivity contribution in [3.8, 4) is 0 Å². The number of aliphatic hydroxyl groups excluding tert-OH is 1. The van der Waals surface area contributed by atoms with Crippen molar-refractivity contribution in [2.24, 2.45) is 0 Å². The van der Waals surface area contributed by atoms with Crippen molar-refractivity contribution in [1.82, 2.24) is 0 Å². The Balaban J connectivity index is -0.00000000200. The molecule has 0 aliphatic carbocycles. The minimum absolute atomic E-state index is 0. The third-order valence-corrected chi connectivity index (χ3v) is 0. The molecule has 56 valence electrons. The molecule has 0 aromatic heterocycles. The Hall–Kier alpha value is 2.59. The van der Waals surface area contributed by atoms with Crippen LogP contribution in [0.5, 0.6) is 0 Å². The molecular formula is C2H10Br4OTi. The molecule has 0 unspecified atom stereocenters. The molecule has 0 aromatic rings. The first kappa shape index (κ1) is 46.2. The van der Waals surface area contributed by atoms with Gasteiger partial charge in [-0.05, 0) is 6.92 Å². The van der Waals surface area contributed by atoms with Gasteiger partial charge < -0.3 is 5.11 Å². The van der Waals surface area contributed by atoms with E-state index in [4.69, 9.17) is 5.11 Å². The molecule has 0 rings (SSSR count). The number of hydrogen-bond acceptors (Lipinski definition) is 1. The molecule has 0 bridgehead atoms. The quantitative estimate of drug-likeness (QED) is 0.600. The molecule has 8 heavy (non-hydrogen) atoms. The van der Waals surface area contributed by atoms with E-state index in [9.17, 15) is 0 Å². The van der Waals surface area contributed by atoms with Gasteiger partial charge in [0.15, 0.2) is 0 Å². The molecular weight excluding hydrogens is 408 g/mol. The van der Waals surface area contributed by atoms with Crippen molar-refractivity contribution in [2.75, 3.05) is 6.61 Å². The zero-order valence-corrected chi connectivity index (χ0v) is 12.7. The summed E-state index contributed by atoms with van der Waals surface area (Å²) in [6, 6.07) is 0. The van der Waals surface area contributed by atoms with Gasteiger partial charge in [-0.25, -0.2) is 0 Å². The molecule has 0 amide bonds. The molecule has 0 aromatic carbocycles. The van der Waals surface area contributed by atoms with Crippen molar-refractivity contribution >= 4 is 67.9 Å². The van der Waals surface area contributed by atoms with Gasteiger partial charge in [0.2, 0.25) is 0 Å². The summed E-state index contributed by atoms with van der Waals surface area (Å²) in [6.45, 7) is 1.93. The van der Waals surface area contributed by atoms with E-state index in [0.717, 1.165) is 0 Å². The third kappa shape index (κ3) is 73.6. The van der Waals surface area contributed by atoms with Crippen LogP contribution in [0.3, 0.4) is 0 Å². The van der Waals surface area contributed by atoms with Crippen molar-refractivity contribution in [2.45, 2.75) is 6.92 Å². The number of hydrogen-bond donors (Lipinski definition) is 1. The SMILES string of the molecule is Br.Br.Br.Br.CCO.[Ti]. The van der Waals surface area contributed by atoms with Gasteiger partial charge in [0, 0.05) is 28.3 Å². The predicted molar refractivity (Wildman–Crippen MR) is 54.0 cm³/mol. The Morgan fingerprint density at radius 2 is 1.00 bits per heavy atom. The van der Waals surface area contributed by atoms with E-state index >= 15 is 0 Å². The van der Waals surface area contributed by atoms with Crippen molar-refractivity contribution in [3.63, 3.8) is 0 Å². The largest absolute Gasteiger partial charge is 0.397 e.